The quantitative estimate of drug-likeness (QED) is 0.350. The van der Waals surface area contributed by atoms with E-state index in [9.17, 15) is 20.1 Å². The van der Waals surface area contributed by atoms with Crippen LogP contribution in [0.25, 0.3) is 0 Å². The van der Waals surface area contributed by atoms with Crippen molar-refractivity contribution < 1.29 is 24.9 Å². The Balaban J connectivity index is 1.53. The van der Waals surface area contributed by atoms with Crippen LogP contribution in [-0.2, 0) is 9.53 Å². The molecule has 0 aromatic carbocycles. The van der Waals surface area contributed by atoms with Gasteiger partial charge in [-0.2, -0.15) is 5.26 Å². The third-order valence-electron chi connectivity index (χ3n) is 10.1. The first-order chi connectivity index (χ1) is 15.2. The number of aliphatic imine (C=N–C) groups is 1. The van der Waals surface area contributed by atoms with Crippen molar-refractivity contribution in [1.29, 1.82) is 5.26 Å². The number of aliphatic hydroxyl groups is 3. The van der Waals surface area contributed by atoms with Crippen LogP contribution in [0.2, 0.25) is 0 Å². The molecule has 32 heavy (non-hydrogen) atoms. The molecule has 1 heterocycles. The van der Waals surface area contributed by atoms with Crippen LogP contribution in [0.4, 0.5) is 0 Å². The highest BCUT2D eigenvalue weighted by Crippen LogP contribution is 2.70. The first kappa shape index (κ1) is 22.1. The lowest BCUT2D eigenvalue weighted by atomic mass is 9.41. The lowest BCUT2D eigenvalue weighted by Gasteiger charge is -2.65. The molecule has 3 N–H and O–H groups in total. The van der Waals surface area contributed by atoms with E-state index in [-0.39, 0.29) is 35.7 Å². The minimum atomic E-state index is -1.07. The Labute approximate surface area is 189 Å². The zero-order chi connectivity index (χ0) is 22.8. The predicted octanol–water partition coefficient (Wildman–Crippen LogP) is 2.29. The minimum Gasteiger partial charge on any atom is -0.458 e. The summed E-state index contributed by atoms with van der Waals surface area (Å²) in [5.41, 5.74) is -1.93. The fourth-order valence-electron chi connectivity index (χ4n) is 8.61. The molecule has 1 aliphatic heterocycles. The molecule has 0 radical (unpaired) electrons. The molecule has 0 unspecified atom stereocenters. The summed E-state index contributed by atoms with van der Waals surface area (Å²) in [5.74, 6) is -0.113. The maximum absolute atomic E-state index is 12.3. The fourth-order valence-corrected chi connectivity index (χ4v) is 8.61. The van der Waals surface area contributed by atoms with Gasteiger partial charge in [-0.05, 0) is 74.7 Å². The van der Waals surface area contributed by atoms with E-state index >= 15 is 0 Å². The van der Waals surface area contributed by atoms with Gasteiger partial charge in [0, 0.05) is 29.5 Å². The summed E-state index contributed by atoms with van der Waals surface area (Å²) in [6, 6.07) is 2.06. The molecule has 7 nitrogen and oxygen atoms in total. The van der Waals surface area contributed by atoms with Crippen molar-refractivity contribution in [3.63, 3.8) is 0 Å². The average molecular weight is 443 g/mol. The molecule has 0 spiro atoms. The van der Waals surface area contributed by atoms with E-state index in [4.69, 9.17) is 10.00 Å². The zero-order valence-electron chi connectivity index (χ0n) is 18.8. The van der Waals surface area contributed by atoms with Gasteiger partial charge in [0.25, 0.3) is 0 Å². The first-order valence-electron chi connectivity index (χ1n) is 12.1. The van der Waals surface area contributed by atoms with Crippen LogP contribution >= 0.6 is 0 Å². The lowest BCUT2D eigenvalue weighted by molar-refractivity contribution is -0.237. The molecule has 4 saturated carbocycles. The average Bonchev–Trinajstić information content (AvgIpc) is 3.28. The Kier molecular flexibility index (Phi) is 5.09. The number of carbonyl (C=O) groups excluding carboxylic acids is 1. The van der Waals surface area contributed by atoms with Crippen LogP contribution in [0, 0.1) is 39.9 Å². The van der Waals surface area contributed by atoms with Crippen LogP contribution in [0.1, 0.15) is 64.7 Å². The molecular weight excluding hydrogens is 408 g/mol. The van der Waals surface area contributed by atoms with Gasteiger partial charge >= 0.3 is 5.97 Å². The molecule has 0 aromatic rings. The van der Waals surface area contributed by atoms with Gasteiger partial charge in [0.05, 0.1) is 23.4 Å². The largest absolute Gasteiger partial charge is 0.458 e. The zero-order valence-corrected chi connectivity index (χ0v) is 18.8. The van der Waals surface area contributed by atoms with Crippen LogP contribution in [0.15, 0.2) is 16.6 Å². The second-order valence-corrected chi connectivity index (χ2v) is 11.1. The van der Waals surface area contributed by atoms with Crippen molar-refractivity contribution in [2.45, 2.75) is 82.0 Å². The molecule has 5 aliphatic rings. The third-order valence-corrected chi connectivity index (χ3v) is 10.1. The maximum Gasteiger partial charge on any atom is 0.331 e. The summed E-state index contributed by atoms with van der Waals surface area (Å²) in [4.78, 5) is 16.1. The molecule has 5 rings (SSSR count). The van der Waals surface area contributed by atoms with Crippen molar-refractivity contribution in [2.24, 2.45) is 33.6 Å². The Morgan fingerprint density at radius 1 is 1.19 bits per heavy atom. The number of fused-ring (bicyclic) bond motifs is 5. The lowest BCUT2D eigenvalue weighted by Crippen LogP contribution is -2.68. The summed E-state index contributed by atoms with van der Waals surface area (Å²) in [6.45, 7) is 2.54. The number of hydrogen-bond acceptors (Lipinski definition) is 7. The number of nitrogens with zero attached hydrogens (tertiary/aromatic N) is 2. The smallest absolute Gasteiger partial charge is 0.331 e. The van der Waals surface area contributed by atoms with Crippen molar-refractivity contribution >= 4 is 12.2 Å². The molecule has 0 aromatic heterocycles. The van der Waals surface area contributed by atoms with Gasteiger partial charge in [0.2, 0.25) is 0 Å². The van der Waals surface area contributed by atoms with Crippen molar-refractivity contribution in [2.75, 3.05) is 13.2 Å². The molecule has 4 aliphatic carbocycles. The highest BCUT2D eigenvalue weighted by atomic mass is 16.5. The standard InChI is InChI=1S/C25H34N2O5/c1-22-6-3-19-20(25(22,31)9-5-18(22)16-12-21(29)32-14-16)4-8-24(30)13-17(28)2-7-23(19,24)15-27-11-10-26/h12,15,17-20,28,30-31H,2-9,11,13-14H2,1H3/t17-,18-,19-,20-,22+,23-,24-,25-/m0/s1. The number of ether oxygens (including phenoxy) is 1. The van der Waals surface area contributed by atoms with Crippen molar-refractivity contribution in [1.82, 2.24) is 0 Å². The van der Waals surface area contributed by atoms with Crippen LogP contribution in [0.5, 0.6) is 0 Å². The summed E-state index contributed by atoms with van der Waals surface area (Å²) in [5, 5.41) is 43.5. The fraction of sp³-hybridized carbons (Fsp3) is 0.800. The molecule has 4 fully saturated rings. The number of aliphatic hydroxyl groups excluding tert-OH is 1. The van der Waals surface area contributed by atoms with Crippen LogP contribution in [-0.4, -0.2) is 58.0 Å². The Hall–Kier alpha value is -1.75. The van der Waals surface area contributed by atoms with Crippen LogP contribution in [0.3, 0.4) is 0 Å². The monoisotopic (exact) mass is 442 g/mol. The van der Waals surface area contributed by atoms with E-state index in [1.54, 1.807) is 6.08 Å². The third kappa shape index (κ3) is 2.82. The van der Waals surface area contributed by atoms with Gasteiger partial charge in [-0.15, -0.1) is 0 Å². The Morgan fingerprint density at radius 3 is 2.69 bits per heavy atom. The molecule has 174 valence electrons. The predicted molar refractivity (Wildman–Crippen MR) is 116 cm³/mol. The molecule has 0 saturated heterocycles. The van der Waals surface area contributed by atoms with Crippen molar-refractivity contribution in [3.8, 4) is 6.07 Å². The van der Waals surface area contributed by atoms with E-state index in [0.717, 1.165) is 24.8 Å². The summed E-state index contributed by atoms with van der Waals surface area (Å²) >= 11 is 0. The second-order valence-electron chi connectivity index (χ2n) is 11.1. The normalized spacial score (nSPS) is 50.2. The molecular formula is C25H34N2O5. The number of hydrogen-bond donors (Lipinski definition) is 3. The number of esters is 1. The molecule has 0 bridgehead atoms. The number of cyclic esters (lactones) is 1. The van der Waals surface area contributed by atoms with Gasteiger partial charge < -0.3 is 20.1 Å². The Bertz CT molecular complexity index is 910. The Morgan fingerprint density at radius 2 is 1.97 bits per heavy atom. The topological polar surface area (TPSA) is 123 Å². The van der Waals surface area contributed by atoms with Gasteiger partial charge in [-0.25, -0.2) is 4.79 Å². The van der Waals surface area contributed by atoms with Gasteiger partial charge in [0.1, 0.15) is 13.2 Å². The molecule has 7 heteroatoms. The van der Waals surface area contributed by atoms with E-state index in [0.29, 0.717) is 45.1 Å². The first-order valence-corrected chi connectivity index (χ1v) is 12.1. The van der Waals surface area contributed by atoms with Gasteiger partial charge in [-0.1, -0.05) is 6.92 Å². The van der Waals surface area contributed by atoms with E-state index < -0.39 is 22.7 Å². The van der Waals surface area contributed by atoms with E-state index in [1.807, 2.05) is 6.21 Å². The second kappa shape index (κ2) is 7.38. The SMILES string of the molecule is C[C@]12CC[C@H]3[C@H](CC[C@]4(O)C[C@@H](O)CC[C@]34C=NCC#N)[C@@]1(O)CC[C@H]2C1=CC(=O)OC1. The van der Waals surface area contributed by atoms with E-state index in [2.05, 4.69) is 18.0 Å². The number of carbonyl (C=O) groups is 1. The molecule has 8 atom stereocenters. The van der Waals surface area contributed by atoms with Crippen LogP contribution < -0.4 is 0 Å². The van der Waals surface area contributed by atoms with Gasteiger partial charge in [-0.3, -0.25) is 4.99 Å². The number of nitriles is 1. The highest BCUT2D eigenvalue weighted by Gasteiger charge is 2.71. The summed E-state index contributed by atoms with van der Waals surface area (Å²) < 4.78 is 5.19. The highest BCUT2D eigenvalue weighted by molar-refractivity contribution is 5.85. The summed E-state index contributed by atoms with van der Waals surface area (Å²) in [6.07, 6.45) is 8.80. The van der Waals surface area contributed by atoms with Crippen molar-refractivity contribution in [3.05, 3.63) is 11.6 Å². The minimum absolute atomic E-state index is 0.00827. The number of rotatable bonds is 3. The summed E-state index contributed by atoms with van der Waals surface area (Å²) in [7, 11) is 0. The molecule has 0 amide bonds. The van der Waals surface area contributed by atoms with Gasteiger partial charge in [0.15, 0.2) is 0 Å². The van der Waals surface area contributed by atoms with E-state index in [1.165, 1.54) is 0 Å². The maximum atomic E-state index is 12.3.